The van der Waals surface area contributed by atoms with Crippen LogP contribution in [0.5, 0.6) is 11.5 Å². The number of anilines is 1. The van der Waals surface area contributed by atoms with Crippen molar-refractivity contribution in [2.24, 2.45) is 5.10 Å². The molecule has 0 unspecified atom stereocenters. The average Bonchev–Trinajstić information content (AvgIpc) is 3.46. The van der Waals surface area contributed by atoms with Gasteiger partial charge in [0.05, 0.1) is 25.5 Å². The Morgan fingerprint density at radius 3 is 2.49 bits per heavy atom. The number of nitrogens with one attached hydrogen (secondary N) is 1. The van der Waals surface area contributed by atoms with E-state index in [1.54, 1.807) is 19.2 Å². The molecular formula is C30H40N4O5. The minimum Gasteiger partial charge on any atom is -0.493 e. The Hall–Kier alpha value is -3.59. The zero-order valence-electron chi connectivity index (χ0n) is 23.3. The summed E-state index contributed by atoms with van der Waals surface area (Å²) in [6.45, 7) is 7.39. The molecule has 1 heterocycles. The maximum absolute atomic E-state index is 12.7. The molecule has 2 aromatic rings. The van der Waals surface area contributed by atoms with E-state index in [1.165, 1.54) is 17.9 Å². The first-order chi connectivity index (χ1) is 19.0. The molecule has 0 bridgehead atoms. The van der Waals surface area contributed by atoms with E-state index in [1.807, 2.05) is 30.3 Å². The van der Waals surface area contributed by atoms with Crippen molar-refractivity contribution in [3.63, 3.8) is 0 Å². The van der Waals surface area contributed by atoms with Gasteiger partial charge in [0, 0.05) is 30.6 Å². The molecule has 210 valence electrons. The minimum atomic E-state index is -0.480. The second-order valence-electron chi connectivity index (χ2n) is 9.87. The van der Waals surface area contributed by atoms with Crippen LogP contribution in [0, 0.1) is 0 Å². The molecule has 1 fully saturated rings. The second-order valence-corrected chi connectivity index (χ2v) is 9.87. The number of nitrogens with zero attached hydrogens (tertiary/aromatic N) is 3. The molecule has 2 aromatic carbocycles. The maximum Gasteiger partial charge on any atom is 0.411 e. The predicted molar refractivity (Wildman–Crippen MR) is 151 cm³/mol. The Morgan fingerprint density at radius 1 is 1.05 bits per heavy atom. The smallest absolute Gasteiger partial charge is 0.411 e. The van der Waals surface area contributed by atoms with Gasteiger partial charge in [-0.1, -0.05) is 26.0 Å². The lowest BCUT2D eigenvalue weighted by Gasteiger charge is -2.24. The van der Waals surface area contributed by atoms with E-state index in [2.05, 4.69) is 24.1 Å². The van der Waals surface area contributed by atoms with Crippen molar-refractivity contribution in [3.8, 4) is 11.5 Å². The summed E-state index contributed by atoms with van der Waals surface area (Å²) in [5.74, 6) is 1.41. The van der Waals surface area contributed by atoms with Gasteiger partial charge in [-0.2, -0.15) is 5.10 Å². The lowest BCUT2D eigenvalue weighted by Crippen LogP contribution is -2.31. The van der Waals surface area contributed by atoms with Crippen LogP contribution >= 0.6 is 0 Å². The van der Waals surface area contributed by atoms with Crippen molar-refractivity contribution in [1.82, 2.24) is 9.91 Å². The summed E-state index contributed by atoms with van der Waals surface area (Å²) < 4.78 is 17.1. The van der Waals surface area contributed by atoms with Crippen LogP contribution in [0.25, 0.3) is 0 Å². The third-order valence-electron chi connectivity index (χ3n) is 7.27. The minimum absolute atomic E-state index is 0.0197. The molecule has 1 saturated carbocycles. The maximum atomic E-state index is 12.7. The number of rotatable bonds is 12. The fraction of sp³-hybridized carbons (Fsp3) is 0.500. The number of hydrogen-bond acceptors (Lipinski definition) is 7. The SMILES string of the molecule is CCN(CC)CCOC(=O)Nc1ccc(CN2N=C(c3ccc(OC)c(OC4CCCC4)c3)CCC2=O)cc1. The van der Waals surface area contributed by atoms with Gasteiger partial charge >= 0.3 is 6.09 Å². The molecule has 2 amide bonds. The van der Waals surface area contributed by atoms with Crippen molar-refractivity contribution in [3.05, 3.63) is 53.6 Å². The van der Waals surface area contributed by atoms with Crippen molar-refractivity contribution in [2.75, 3.05) is 38.7 Å². The molecule has 0 aromatic heterocycles. The van der Waals surface area contributed by atoms with Gasteiger partial charge in [0.25, 0.3) is 0 Å². The Morgan fingerprint density at radius 2 is 1.79 bits per heavy atom. The Labute approximate surface area is 231 Å². The lowest BCUT2D eigenvalue weighted by atomic mass is 10.0. The predicted octanol–water partition coefficient (Wildman–Crippen LogP) is 5.43. The van der Waals surface area contributed by atoms with Crippen LogP contribution in [-0.4, -0.2) is 67.1 Å². The molecule has 2 aliphatic rings. The van der Waals surface area contributed by atoms with E-state index in [0.29, 0.717) is 44.0 Å². The monoisotopic (exact) mass is 536 g/mol. The summed E-state index contributed by atoms with van der Waals surface area (Å²) in [6, 6.07) is 13.2. The topological polar surface area (TPSA) is 92.7 Å². The van der Waals surface area contributed by atoms with Crippen molar-refractivity contribution >= 4 is 23.4 Å². The van der Waals surface area contributed by atoms with Gasteiger partial charge in [-0.05, 0) is 74.7 Å². The quantitative estimate of drug-likeness (QED) is 0.389. The molecular weight excluding hydrogens is 496 g/mol. The first-order valence-electron chi connectivity index (χ1n) is 14.0. The number of hydrazone groups is 1. The van der Waals surface area contributed by atoms with Crippen molar-refractivity contribution < 1.29 is 23.8 Å². The first kappa shape index (κ1) is 28.4. The van der Waals surface area contributed by atoms with Crippen LogP contribution in [0.4, 0.5) is 10.5 Å². The number of amides is 2. The molecule has 9 nitrogen and oxygen atoms in total. The van der Waals surface area contributed by atoms with Gasteiger partial charge < -0.3 is 19.1 Å². The van der Waals surface area contributed by atoms with E-state index in [4.69, 9.17) is 19.3 Å². The molecule has 9 heteroatoms. The Balaban J connectivity index is 1.37. The number of hydrogen-bond donors (Lipinski definition) is 1. The van der Waals surface area contributed by atoms with E-state index < -0.39 is 6.09 Å². The average molecular weight is 537 g/mol. The largest absolute Gasteiger partial charge is 0.493 e. The van der Waals surface area contributed by atoms with E-state index in [-0.39, 0.29) is 12.0 Å². The highest BCUT2D eigenvalue weighted by molar-refractivity contribution is 6.04. The third kappa shape index (κ3) is 7.95. The van der Waals surface area contributed by atoms with E-state index in [0.717, 1.165) is 48.5 Å². The number of carbonyl (C=O) groups is 2. The number of methoxy groups -OCH3 is 1. The number of benzene rings is 2. The summed E-state index contributed by atoms with van der Waals surface area (Å²) >= 11 is 0. The molecule has 0 spiro atoms. The van der Waals surface area contributed by atoms with Crippen LogP contribution in [0.1, 0.15) is 63.5 Å². The van der Waals surface area contributed by atoms with Gasteiger partial charge in [-0.15, -0.1) is 0 Å². The number of ether oxygens (including phenoxy) is 3. The summed E-state index contributed by atoms with van der Waals surface area (Å²) in [4.78, 5) is 27.0. The second kappa shape index (κ2) is 14.0. The van der Waals surface area contributed by atoms with Crippen LogP contribution in [0.3, 0.4) is 0 Å². The van der Waals surface area contributed by atoms with Crippen LogP contribution in [-0.2, 0) is 16.1 Å². The normalized spacial score (nSPS) is 15.8. The Kier molecular flexibility index (Phi) is 10.2. The Bertz CT molecular complexity index is 1140. The van der Waals surface area contributed by atoms with Crippen molar-refractivity contribution in [2.45, 2.75) is 65.0 Å². The molecule has 1 aliphatic heterocycles. The summed E-state index contributed by atoms with van der Waals surface area (Å²) in [6.07, 6.45) is 5.19. The number of carbonyl (C=O) groups excluding carboxylic acids is 2. The standard InChI is InChI=1S/C30H40N4O5/c1-4-33(5-2)18-19-38-30(36)31-24-13-10-22(11-14-24)21-34-29(35)17-15-26(32-34)23-12-16-27(37-3)28(20-23)39-25-8-6-7-9-25/h10-14,16,20,25H,4-9,15,17-19,21H2,1-3H3,(H,31,36). The fourth-order valence-corrected chi connectivity index (χ4v) is 4.89. The third-order valence-corrected chi connectivity index (χ3v) is 7.27. The molecule has 1 aliphatic carbocycles. The molecule has 1 N–H and O–H groups in total. The molecule has 39 heavy (non-hydrogen) atoms. The van der Waals surface area contributed by atoms with Gasteiger partial charge in [-0.3, -0.25) is 10.1 Å². The first-order valence-corrected chi connectivity index (χ1v) is 14.0. The van der Waals surface area contributed by atoms with Crippen molar-refractivity contribution in [1.29, 1.82) is 0 Å². The van der Waals surface area contributed by atoms with Crippen LogP contribution in [0.15, 0.2) is 47.6 Å². The summed E-state index contributed by atoms with van der Waals surface area (Å²) in [5, 5.41) is 8.97. The van der Waals surface area contributed by atoms with Crippen LogP contribution in [0.2, 0.25) is 0 Å². The van der Waals surface area contributed by atoms with Crippen LogP contribution < -0.4 is 14.8 Å². The van der Waals surface area contributed by atoms with Gasteiger partial charge in [0.15, 0.2) is 11.5 Å². The highest BCUT2D eigenvalue weighted by Gasteiger charge is 2.24. The molecule has 0 atom stereocenters. The highest BCUT2D eigenvalue weighted by atomic mass is 16.5. The lowest BCUT2D eigenvalue weighted by molar-refractivity contribution is -0.132. The number of likely N-dealkylation sites (N-methyl/N-ethyl adjacent to an activating group) is 1. The molecule has 0 radical (unpaired) electrons. The molecule has 4 rings (SSSR count). The summed E-state index contributed by atoms with van der Waals surface area (Å²) in [7, 11) is 1.65. The van der Waals surface area contributed by atoms with E-state index >= 15 is 0 Å². The zero-order valence-corrected chi connectivity index (χ0v) is 23.3. The zero-order chi connectivity index (χ0) is 27.6. The van der Waals surface area contributed by atoms with Gasteiger partial charge in [-0.25, -0.2) is 9.80 Å². The van der Waals surface area contributed by atoms with Gasteiger partial charge in [0.2, 0.25) is 5.91 Å². The highest BCUT2D eigenvalue weighted by Crippen LogP contribution is 2.33. The molecule has 0 saturated heterocycles. The van der Waals surface area contributed by atoms with E-state index in [9.17, 15) is 9.59 Å². The van der Waals surface area contributed by atoms with Gasteiger partial charge in [0.1, 0.15) is 6.61 Å². The fourth-order valence-electron chi connectivity index (χ4n) is 4.89. The summed E-state index contributed by atoms with van der Waals surface area (Å²) in [5.41, 5.74) is 3.32.